The van der Waals surface area contributed by atoms with E-state index in [0.717, 1.165) is 5.56 Å². The third kappa shape index (κ3) is 6.98. The zero-order valence-electron chi connectivity index (χ0n) is 18.8. The van der Waals surface area contributed by atoms with Crippen LogP contribution in [0.2, 0.25) is 10.0 Å². The summed E-state index contributed by atoms with van der Waals surface area (Å²) < 4.78 is 0. The molecule has 0 aromatic heterocycles. The molecule has 2 aromatic carbocycles. The molecule has 1 atom stereocenters. The molecule has 0 saturated heterocycles. The molecule has 168 valence electrons. The lowest BCUT2D eigenvalue weighted by atomic mass is 10.00. The van der Waals surface area contributed by atoms with E-state index in [0.29, 0.717) is 47.3 Å². The van der Waals surface area contributed by atoms with Gasteiger partial charge in [0.1, 0.15) is 6.04 Å². The van der Waals surface area contributed by atoms with E-state index in [-0.39, 0.29) is 18.4 Å². The van der Waals surface area contributed by atoms with Crippen molar-refractivity contribution in [2.45, 2.75) is 65.5 Å². The van der Waals surface area contributed by atoms with E-state index in [1.165, 1.54) is 5.56 Å². The molecule has 0 spiro atoms. The zero-order valence-corrected chi connectivity index (χ0v) is 20.3. The third-order valence-electron chi connectivity index (χ3n) is 5.40. The molecular formula is C25H32Cl2N2O2. The van der Waals surface area contributed by atoms with Gasteiger partial charge in [0.15, 0.2) is 0 Å². The van der Waals surface area contributed by atoms with Crippen LogP contribution in [0.3, 0.4) is 0 Å². The van der Waals surface area contributed by atoms with Crippen LogP contribution in [0.1, 0.15) is 63.1 Å². The van der Waals surface area contributed by atoms with E-state index in [9.17, 15) is 9.59 Å². The smallest absolute Gasteiger partial charge is 0.242 e. The van der Waals surface area contributed by atoms with Crippen molar-refractivity contribution in [1.29, 1.82) is 0 Å². The molecule has 0 fully saturated rings. The van der Waals surface area contributed by atoms with Crippen LogP contribution >= 0.6 is 23.2 Å². The fourth-order valence-electron chi connectivity index (χ4n) is 3.53. The minimum Gasteiger partial charge on any atom is -0.355 e. The first-order chi connectivity index (χ1) is 14.8. The van der Waals surface area contributed by atoms with Crippen LogP contribution in [0.4, 0.5) is 0 Å². The lowest BCUT2D eigenvalue weighted by molar-refractivity contribution is -0.141. The van der Waals surface area contributed by atoms with Crippen LogP contribution in [0.15, 0.2) is 42.5 Å². The van der Waals surface area contributed by atoms with Crippen molar-refractivity contribution >= 4 is 35.0 Å². The maximum absolute atomic E-state index is 13.3. The molecule has 0 aliphatic heterocycles. The van der Waals surface area contributed by atoms with Crippen molar-refractivity contribution in [2.75, 3.05) is 6.54 Å². The Bertz CT molecular complexity index is 861. The minimum atomic E-state index is -0.580. The molecule has 31 heavy (non-hydrogen) atoms. The second-order valence-corrected chi connectivity index (χ2v) is 8.75. The topological polar surface area (TPSA) is 49.4 Å². The van der Waals surface area contributed by atoms with Crippen LogP contribution in [0.25, 0.3) is 0 Å². The Balaban J connectivity index is 2.23. The third-order valence-corrected chi connectivity index (χ3v) is 6.11. The van der Waals surface area contributed by atoms with Gasteiger partial charge in [-0.25, -0.2) is 0 Å². The number of halogens is 2. The largest absolute Gasteiger partial charge is 0.355 e. The molecule has 0 unspecified atom stereocenters. The summed E-state index contributed by atoms with van der Waals surface area (Å²) in [5.41, 5.74) is 3.02. The van der Waals surface area contributed by atoms with Crippen molar-refractivity contribution in [2.24, 2.45) is 0 Å². The van der Waals surface area contributed by atoms with Crippen molar-refractivity contribution in [3.8, 4) is 0 Å². The van der Waals surface area contributed by atoms with Gasteiger partial charge in [0, 0.05) is 35.1 Å². The van der Waals surface area contributed by atoms with Gasteiger partial charge in [0.05, 0.1) is 0 Å². The highest BCUT2D eigenvalue weighted by molar-refractivity contribution is 6.36. The molecule has 0 aliphatic carbocycles. The zero-order chi connectivity index (χ0) is 23.0. The molecule has 0 bridgehead atoms. The summed E-state index contributed by atoms with van der Waals surface area (Å²) in [4.78, 5) is 27.6. The Labute approximate surface area is 195 Å². The predicted molar refractivity (Wildman–Crippen MR) is 129 cm³/mol. The molecule has 4 nitrogen and oxygen atoms in total. The van der Waals surface area contributed by atoms with E-state index in [1.54, 1.807) is 23.1 Å². The maximum atomic E-state index is 13.3. The monoisotopic (exact) mass is 462 g/mol. The number of rotatable bonds is 10. The summed E-state index contributed by atoms with van der Waals surface area (Å²) in [6.45, 7) is 8.78. The summed E-state index contributed by atoms with van der Waals surface area (Å²) in [6, 6.07) is 13.0. The van der Waals surface area contributed by atoms with Crippen LogP contribution in [-0.2, 0) is 22.6 Å². The minimum absolute atomic E-state index is 0.0953. The number of nitrogens with zero attached hydrogens (tertiary/aromatic N) is 1. The van der Waals surface area contributed by atoms with Gasteiger partial charge < -0.3 is 10.2 Å². The molecule has 6 heteroatoms. The molecule has 0 saturated carbocycles. The van der Waals surface area contributed by atoms with Gasteiger partial charge >= 0.3 is 0 Å². The Morgan fingerprint density at radius 2 is 1.61 bits per heavy atom. The molecule has 2 aromatic rings. The summed E-state index contributed by atoms with van der Waals surface area (Å²) >= 11 is 12.7. The van der Waals surface area contributed by atoms with E-state index in [4.69, 9.17) is 23.2 Å². The maximum Gasteiger partial charge on any atom is 0.242 e. The van der Waals surface area contributed by atoms with Gasteiger partial charge in [0.25, 0.3) is 0 Å². The molecule has 0 heterocycles. The number of nitrogens with one attached hydrogen (secondary N) is 1. The quantitative estimate of drug-likeness (QED) is 0.470. The Kier molecular flexibility index (Phi) is 9.86. The van der Waals surface area contributed by atoms with E-state index >= 15 is 0 Å². The Morgan fingerprint density at radius 3 is 2.13 bits per heavy atom. The van der Waals surface area contributed by atoms with Crippen LogP contribution in [0.5, 0.6) is 0 Å². The average molecular weight is 463 g/mol. The van der Waals surface area contributed by atoms with Crippen molar-refractivity contribution in [1.82, 2.24) is 10.2 Å². The normalized spacial score (nSPS) is 12.0. The van der Waals surface area contributed by atoms with Gasteiger partial charge in [-0.3, -0.25) is 9.59 Å². The first kappa shape index (κ1) is 25.2. The standard InChI is InChI=1S/C25H32Cl2N2O2/c1-5-23(25(31)28-6-2)29(16-20-21(26)8-7-9-22(20)27)24(30)15-12-18-10-13-19(14-11-18)17(3)4/h7-11,13-14,17,23H,5-6,12,15-16H2,1-4H3,(H,28,31)/t23-/m0/s1. The summed E-state index contributed by atoms with van der Waals surface area (Å²) in [6.07, 6.45) is 1.41. The van der Waals surface area contributed by atoms with Gasteiger partial charge in [-0.2, -0.15) is 0 Å². The first-order valence-electron chi connectivity index (χ1n) is 10.9. The fourth-order valence-corrected chi connectivity index (χ4v) is 4.05. The number of aryl methyl sites for hydroxylation is 1. The van der Waals surface area contributed by atoms with Crippen molar-refractivity contribution < 1.29 is 9.59 Å². The number of benzene rings is 2. The Hall–Kier alpha value is -2.04. The average Bonchev–Trinajstić information content (AvgIpc) is 2.74. The molecule has 0 aliphatic rings. The highest BCUT2D eigenvalue weighted by atomic mass is 35.5. The molecular weight excluding hydrogens is 431 g/mol. The number of likely N-dealkylation sites (N-methyl/N-ethyl adjacent to an activating group) is 1. The Morgan fingerprint density at radius 1 is 1.00 bits per heavy atom. The van der Waals surface area contributed by atoms with Crippen LogP contribution in [-0.4, -0.2) is 29.3 Å². The number of carbonyl (C=O) groups excluding carboxylic acids is 2. The first-order valence-corrected chi connectivity index (χ1v) is 11.6. The van der Waals surface area contributed by atoms with E-state index in [1.807, 2.05) is 13.8 Å². The van der Waals surface area contributed by atoms with Gasteiger partial charge in [-0.1, -0.05) is 74.3 Å². The number of carbonyl (C=O) groups is 2. The number of amides is 2. The lowest BCUT2D eigenvalue weighted by Crippen LogP contribution is -2.49. The SMILES string of the molecule is CCNC(=O)[C@H](CC)N(Cc1c(Cl)cccc1Cl)C(=O)CCc1ccc(C(C)C)cc1. The van der Waals surface area contributed by atoms with Crippen LogP contribution < -0.4 is 5.32 Å². The number of hydrogen-bond donors (Lipinski definition) is 1. The molecule has 1 N–H and O–H groups in total. The van der Waals surface area contributed by atoms with Gasteiger partial charge in [-0.05, 0) is 48.9 Å². The molecule has 0 radical (unpaired) electrons. The van der Waals surface area contributed by atoms with E-state index in [2.05, 4.69) is 43.4 Å². The highest BCUT2D eigenvalue weighted by Gasteiger charge is 2.29. The van der Waals surface area contributed by atoms with E-state index < -0.39 is 6.04 Å². The summed E-state index contributed by atoms with van der Waals surface area (Å²) in [5, 5.41) is 3.81. The van der Waals surface area contributed by atoms with Crippen LogP contribution in [0, 0.1) is 0 Å². The summed E-state index contributed by atoms with van der Waals surface area (Å²) in [5.74, 6) is 0.207. The molecule has 2 rings (SSSR count). The number of hydrogen-bond acceptors (Lipinski definition) is 2. The summed E-state index contributed by atoms with van der Waals surface area (Å²) in [7, 11) is 0. The predicted octanol–water partition coefficient (Wildman–Crippen LogP) is 5.99. The van der Waals surface area contributed by atoms with Crippen molar-refractivity contribution in [3.05, 3.63) is 69.2 Å². The lowest BCUT2D eigenvalue weighted by Gasteiger charge is -2.31. The second kappa shape index (κ2) is 12.1. The van der Waals surface area contributed by atoms with Gasteiger partial charge in [-0.15, -0.1) is 0 Å². The second-order valence-electron chi connectivity index (χ2n) is 7.94. The van der Waals surface area contributed by atoms with Crippen molar-refractivity contribution in [3.63, 3.8) is 0 Å². The highest BCUT2D eigenvalue weighted by Crippen LogP contribution is 2.27. The fraction of sp³-hybridized carbons (Fsp3) is 0.440. The van der Waals surface area contributed by atoms with Gasteiger partial charge in [0.2, 0.25) is 11.8 Å². The molecule has 2 amide bonds.